The molecule has 1 heterocycles. The molecule has 1 amide bonds. The topological polar surface area (TPSA) is 43.3 Å². The van der Waals surface area contributed by atoms with E-state index in [0.29, 0.717) is 16.5 Å². The molecule has 0 fully saturated rings. The lowest BCUT2D eigenvalue weighted by molar-refractivity contribution is -0.116. The zero-order chi connectivity index (χ0) is 16.4. The first-order valence-corrected chi connectivity index (χ1v) is 7.63. The second kappa shape index (κ2) is 6.34. The first kappa shape index (κ1) is 15.4. The summed E-state index contributed by atoms with van der Waals surface area (Å²) in [6.07, 6.45) is 1.92. The minimum Gasteiger partial charge on any atom is -0.495 e. The molecule has 0 aliphatic rings. The Morgan fingerprint density at radius 2 is 2.04 bits per heavy atom. The lowest BCUT2D eigenvalue weighted by Gasteiger charge is -2.09. The Balaban J connectivity index is 1.75. The number of fused-ring (bicyclic) bond motifs is 1. The van der Waals surface area contributed by atoms with Gasteiger partial charge in [-0.2, -0.15) is 0 Å². The first-order valence-electron chi connectivity index (χ1n) is 7.26. The molecular weight excluding hydrogens is 312 g/mol. The molecule has 3 aromatic rings. The zero-order valence-corrected chi connectivity index (χ0v) is 13.7. The molecule has 118 valence electrons. The number of methoxy groups -OCH3 is 1. The molecule has 1 aromatic heterocycles. The number of benzene rings is 2. The van der Waals surface area contributed by atoms with Crippen molar-refractivity contribution in [3.63, 3.8) is 0 Å². The van der Waals surface area contributed by atoms with Crippen molar-refractivity contribution in [2.24, 2.45) is 0 Å². The molecule has 5 heteroatoms. The van der Waals surface area contributed by atoms with Crippen molar-refractivity contribution in [3.8, 4) is 5.75 Å². The van der Waals surface area contributed by atoms with Crippen molar-refractivity contribution in [3.05, 3.63) is 59.2 Å². The van der Waals surface area contributed by atoms with Crippen LogP contribution in [0.15, 0.2) is 48.7 Å². The summed E-state index contributed by atoms with van der Waals surface area (Å²) in [5, 5.41) is 4.44. The van der Waals surface area contributed by atoms with Crippen LogP contribution in [0.5, 0.6) is 5.75 Å². The van der Waals surface area contributed by atoms with Crippen LogP contribution in [0.3, 0.4) is 0 Å². The van der Waals surface area contributed by atoms with Gasteiger partial charge in [0, 0.05) is 17.4 Å². The molecular formula is C18H17ClN2O2. The van der Waals surface area contributed by atoms with Gasteiger partial charge < -0.3 is 14.6 Å². The minimum atomic E-state index is -0.107. The van der Waals surface area contributed by atoms with Gasteiger partial charge in [0.1, 0.15) is 12.3 Å². The Hall–Kier alpha value is -2.46. The van der Waals surface area contributed by atoms with E-state index in [1.165, 1.54) is 5.56 Å². The summed E-state index contributed by atoms with van der Waals surface area (Å²) in [6.45, 7) is 2.30. The molecule has 0 aliphatic carbocycles. The maximum absolute atomic E-state index is 12.2. The molecule has 0 saturated carbocycles. The standard InChI is InChI=1S/C18H17ClN2O2/c1-12-3-5-16-13(9-12)7-8-21(16)11-18(22)20-14-4-6-17(23-2)15(19)10-14/h3-10H,11H2,1-2H3,(H,20,22). The Labute approximate surface area is 139 Å². The number of ether oxygens (including phenoxy) is 1. The Morgan fingerprint density at radius 1 is 1.22 bits per heavy atom. The number of nitrogens with zero attached hydrogens (tertiary/aromatic N) is 1. The number of amides is 1. The van der Waals surface area contributed by atoms with Crippen molar-refractivity contribution >= 4 is 34.1 Å². The summed E-state index contributed by atoms with van der Waals surface area (Å²) in [7, 11) is 1.55. The number of halogens is 1. The van der Waals surface area contributed by atoms with Crippen LogP contribution in [-0.2, 0) is 11.3 Å². The molecule has 0 saturated heterocycles. The van der Waals surface area contributed by atoms with Crippen molar-refractivity contribution < 1.29 is 9.53 Å². The van der Waals surface area contributed by atoms with E-state index in [1.807, 2.05) is 29.0 Å². The predicted molar refractivity (Wildman–Crippen MR) is 93.3 cm³/mol. The van der Waals surface area contributed by atoms with Crippen LogP contribution in [0.4, 0.5) is 5.69 Å². The highest BCUT2D eigenvalue weighted by Gasteiger charge is 2.08. The quantitative estimate of drug-likeness (QED) is 0.778. The van der Waals surface area contributed by atoms with E-state index in [2.05, 4.69) is 18.3 Å². The summed E-state index contributed by atoms with van der Waals surface area (Å²) in [5.41, 5.74) is 2.89. The second-order valence-corrected chi connectivity index (χ2v) is 5.81. The number of aryl methyl sites for hydroxylation is 1. The van der Waals surface area contributed by atoms with Crippen molar-refractivity contribution in [2.45, 2.75) is 13.5 Å². The first-order chi connectivity index (χ1) is 11.1. The molecule has 3 rings (SSSR count). The highest BCUT2D eigenvalue weighted by atomic mass is 35.5. The van der Waals surface area contributed by atoms with E-state index in [4.69, 9.17) is 16.3 Å². The molecule has 0 bridgehead atoms. The van der Waals surface area contributed by atoms with E-state index in [9.17, 15) is 4.79 Å². The average Bonchev–Trinajstić information content (AvgIpc) is 2.89. The molecule has 23 heavy (non-hydrogen) atoms. The maximum atomic E-state index is 12.2. The van der Waals surface area contributed by atoms with Crippen molar-refractivity contribution in [1.82, 2.24) is 4.57 Å². The Morgan fingerprint density at radius 3 is 2.78 bits per heavy atom. The zero-order valence-electron chi connectivity index (χ0n) is 13.0. The summed E-state index contributed by atoms with van der Waals surface area (Å²) >= 11 is 6.07. The molecule has 4 nitrogen and oxygen atoms in total. The van der Waals surface area contributed by atoms with E-state index in [1.54, 1.807) is 25.3 Å². The van der Waals surface area contributed by atoms with Crippen molar-refractivity contribution in [1.29, 1.82) is 0 Å². The minimum absolute atomic E-state index is 0.107. The predicted octanol–water partition coefficient (Wildman–Crippen LogP) is 4.25. The van der Waals surface area contributed by atoms with Gasteiger partial charge in [0.15, 0.2) is 0 Å². The van der Waals surface area contributed by atoms with Crippen LogP contribution in [0.25, 0.3) is 10.9 Å². The van der Waals surface area contributed by atoms with Gasteiger partial charge in [-0.05, 0) is 48.7 Å². The van der Waals surface area contributed by atoms with E-state index in [-0.39, 0.29) is 12.5 Å². The van der Waals surface area contributed by atoms with Crippen LogP contribution < -0.4 is 10.1 Å². The van der Waals surface area contributed by atoms with Crippen LogP contribution in [0.2, 0.25) is 5.02 Å². The third kappa shape index (κ3) is 3.32. The number of hydrogen-bond donors (Lipinski definition) is 1. The molecule has 2 aromatic carbocycles. The van der Waals surface area contributed by atoms with Gasteiger partial charge in [0.05, 0.1) is 12.1 Å². The molecule has 0 radical (unpaired) electrons. The van der Waals surface area contributed by atoms with Crippen LogP contribution in [0.1, 0.15) is 5.56 Å². The molecule has 0 atom stereocenters. The fraction of sp³-hybridized carbons (Fsp3) is 0.167. The molecule has 0 aliphatic heterocycles. The summed E-state index contributed by atoms with van der Waals surface area (Å²) < 4.78 is 7.03. The van der Waals surface area contributed by atoms with Gasteiger partial charge in [-0.15, -0.1) is 0 Å². The molecule has 1 N–H and O–H groups in total. The average molecular weight is 329 g/mol. The lowest BCUT2D eigenvalue weighted by Crippen LogP contribution is -2.18. The van der Waals surface area contributed by atoms with Crippen LogP contribution >= 0.6 is 11.6 Å². The number of anilines is 1. The highest BCUT2D eigenvalue weighted by Crippen LogP contribution is 2.27. The number of rotatable bonds is 4. The van der Waals surface area contributed by atoms with Gasteiger partial charge in [-0.3, -0.25) is 4.79 Å². The van der Waals surface area contributed by atoms with E-state index >= 15 is 0 Å². The highest BCUT2D eigenvalue weighted by molar-refractivity contribution is 6.32. The van der Waals surface area contributed by atoms with Crippen LogP contribution in [-0.4, -0.2) is 17.6 Å². The normalized spacial score (nSPS) is 10.7. The van der Waals surface area contributed by atoms with Crippen LogP contribution in [0, 0.1) is 6.92 Å². The fourth-order valence-electron chi connectivity index (χ4n) is 2.56. The monoisotopic (exact) mass is 328 g/mol. The Kier molecular flexibility index (Phi) is 4.26. The van der Waals surface area contributed by atoms with Gasteiger partial charge >= 0.3 is 0 Å². The van der Waals surface area contributed by atoms with Gasteiger partial charge in [-0.1, -0.05) is 23.2 Å². The number of nitrogens with one attached hydrogen (secondary N) is 1. The maximum Gasteiger partial charge on any atom is 0.244 e. The van der Waals surface area contributed by atoms with Crippen molar-refractivity contribution in [2.75, 3.05) is 12.4 Å². The number of hydrogen-bond acceptors (Lipinski definition) is 2. The van der Waals surface area contributed by atoms with E-state index in [0.717, 1.165) is 10.9 Å². The number of carbonyl (C=O) groups excluding carboxylic acids is 1. The number of carbonyl (C=O) groups is 1. The fourth-order valence-corrected chi connectivity index (χ4v) is 2.81. The number of aromatic nitrogens is 1. The molecule has 0 unspecified atom stereocenters. The third-order valence-corrected chi connectivity index (χ3v) is 3.97. The summed E-state index contributed by atoms with van der Waals surface area (Å²) in [4.78, 5) is 12.2. The lowest BCUT2D eigenvalue weighted by atomic mass is 10.2. The van der Waals surface area contributed by atoms with E-state index < -0.39 is 0 Å². The van der Waals surface area contributed by atoms with Gasteiger partial charge in [-0.25, -0.2) is 0 Å². The van der Waals surface area contributed by atoms with Gasteiger partial charge in [0.2, 0.25) is 5.91 Å². The van der Waals surface area contributed by atoms with Gasteiger partial charge in [0.25, 0.3) is 0 Å². The third-order valence-electron chi connectivity index (χ3n) is 3.68. The SMILES string of the molecule is COc1ccc(NC(=O)Cn2ccc3cc(C)ccc32)cc1Cl. The second-order valence-electron chi connectivity index (χ2n) is 5.40. The summed E-state index contributed by atoms with van der Waals surface area (Å²) in [6, 6.07) is 13.4. The smallest absolute Gasteiger partial charge is 0.244 e. The Bertz CT molecular complexity index is 871. The largest absolute Gasteiger partial charge is 0.495 e. The summed E-state index contributed by atoms with van der Waals surface area (Å²) in [5.74, 6) is 0.473. The molecule has 0 spiro atoms.